The Hall–Kier alpha value is -1.86. The number of nitrogens with zero attached hydrogens (tertiary/aromatic N) is 3. The van der Waals surface area contributed by atoms with Crippen LogP contribution in [0.1, 0.15) is 5.56 Å². The van der Waals surface area contributed by atoms with Crippen LogP contribution in [0.4, 0.5) is 11.8 Å². The Morgan fingerprint density at radius 2 is 2.15 bits per heavy atom. The molecule has 1 aromatic carbocycles. The predicted octanol–water partition coefficient (Wildman–Crippen LogP) is 2.17. The molecule has 2 rings (SSSR count). The first kappa shape index (κ1) is 14.5. The number of benzene rings is 1. The van der Waals surface area contributed by atoms with Crippen molar-refractivity contribution >= 4 is 27.7 Å². The molecular weight excluding hydrogens is 322 g/mol. The number of methoxy groups -OCH3 is 1. The van der Waals surface area contributed by atoms with Crippen LogP contribution in [0.5, 0.6) is 5.75 Å². The summed E-state index contributed by atoms with van der Waals surface area (Å²) in [4.78, 5) is 10.4. The third-order valence-corrected chi connectivity index (χ3v) is 3.38. The van der Waals surface area contributed by atoms with Gasteiger partial charge in [-0.2, -0.15) is 4.98 Å². The van der Waals surface area contributed by atoms with Gasteiger partial charge in [0, 0.05) is 25.4 Å². The molecule has 7 heteroatoms. The minimum absolute atomic E-state index is 0.370. The van der Waals surface area contributed by atoms with Crippen LogP contribution in [0.15, 0.2) is 34.9 Å². The summed E-state index contributed by atoms with van der Waals surface area (Å²) in [7, 11) is 3.61. The lowest BCUT2D eigenvalue weighted by molar-refractivity contribution is 0.409. The molecule has 0 atom stereocenters. The van der Waals surface area contributed by atoms with Crippen molar-refractivity contribution in [2.45, 2.75) is 6.54 Å². The summed E-state index contributed by atoms with van der Waals surface area (Å²) in [5.74, 6) is 7.31. The van der Waals surface area contributed by atoms with Crippen molar-refractivity contribution < 1.29 is 4.74 Å². The number of halogens is 1. The van der Waals surface area contributed by atoms with Crippen molar-refractivity contribution in [3.63, 3.8) is 0 Å². The number of hydrazine groups is 1. The lowest BCUT2D eigenvalue weighted by atomic mass is 10.2. The van der Waals surface area contributed by atoms with Crippen LogP contribution < -0.4 is 20.9 Å². The van der Waals surface area contributed by atoms with Gasteiger partial charge in [0.05, 0.1) is 11.6 Å². The molecule has 0 aliphatic heterocycles. The molecule has 0 unspecified atom stereocenters. The van der Waals surface area contributed by atoms with Crippen LogP contribution in [0.25, 0.3) is 0 Å². The smallest absolute Gasteiger partial charge is 0.239 e. The highest BCUT2D eigenvalue weighted by Crippen LogP contribution is 2.26. The van der Waals surface area contributed by atoms with Gasteiger partial charge >= 0.3 is 0 Å². The number of ether oxygens (including phenoxy) is 1. The molecule has 1 heterocycles. The molecule has 0 saturated carbocycles. The maximum Gasteiger partial charge on any atom is 0.239 e. The maximum atomic E-state index is 5.35. The van der Waals surface area contributed by atoms with Crippen LogP contribution in [0.3, 0.4) is 0 Å². The Morgan fingerprint density at radius 3 is 2.85 bits per heavy atom. The highest BCUT2D eigenvalue weighted by atomic mass is 79.9. The lowest BCUT2D eigenvalue weighted by Crippen LogP contribution is -2.20. The Kier molecular flexibility index (Phi) is 4.75. The van der Waals surface area contributed by atoms with E-state index in [0.717, 1.165) is 21.6 Å². The van der Waals surface area contributed by atoms with Crippen molar-refractivity contribution in [1.82, 2.24) is 9.97 Å². The molecule has 0 bridgehead atoms. The monoisotopic (exact) mass is 337 g/mol. The quantitative estimate of drug-likeness (QED) is 0.643. The number of rotatable bonds is 5. The first-order valence-electron chi connectivity index (χ1n) is 5.98. The van der Waals surface area contributed by atoms with Crippen molar-refractivity contribution in [3.8, 4) is 5.75 Å². The molecule has 3 N–H and O–H groups in total. The summed E-state index contributed by atoms with van der Waals surface area (Å²) in [5, 5.41) is 0. The van der Waals surface area contributed by atoms with Gasteiger partial charge in [0.15, 0.2) is 0 Å². The Bertz CT molecular complexity index is 593. The summed E-state index contributed by atoms with van der Waals surface area (Å²) in [5.41, 5.74) is 3.52. The largest absolute Gasteiger partial charge is 0.496 e. The highest BCUT2D eigenvalue weighted by Gasteiger charge is 2.12. The van der Waals surface area contributed by atoms with E-state index >= 15 is 0 Å². The van der Waals surface area contributed by atoms with Gasteiger partial charge < -0.3 is 9.64 Å². The molecule has 2 aromatic rings. The molecule has 20 heavy (non-hydrogen) atoms. The second kappa shape index (κ2) is 6.53. The van der Waals surface area contributed by atoms with Crippen molar-refractivity contribution in [3.05, 3.63) is 40.5 Å². The van der Waals surface area contributed by atoms with Gasteiger partial charge in [0.25, 0.3) is 0 Å². The average molecular weight is 338 g/mol. The summed E-state index contributed by atoms with van der Waals surface area (Å²) >= 11 is 3.44. The van der Waals surface area contributed by atoms with E-state index in [1.54, 1.807) is 13.3 Å². The van der Waals surface area contributed by atoms with E-state index in [0.29, 0.717) is 12.5 Å². The molecule has 0 radical (unpaired) electrons. The number of hydrogen-bond donors (Lipinski definition) is 2. The summed E-state index contributed by atoms with van der Waals surface area (Å²) in [6.45, 7) is 0.656. The first-order valence-corrected chi connectivity index (χ1v) is 6.77. The summed E-state index contributed by atoms with van der Waals surface area (Å²) in [6, 6.07) is 7.88. The van der Waals surface area contributed by atoms with Gasteiger partial charge in [-0.05, 0) is 22.0 Å². The van der Waals surface area contributed by atoms with Crippen LogP contribution in [-0.4, -0.2) is 24.1 Å². The third kappa shape index (κ3) is 3.17. The van der Waals surface area contributed by atoms with E-state index in [9.17, 15) is 0 Å². The number of nitrogens with one attached hydrogen (secondary N) is 1. The second-order valence-corrected chi connectivity index (χ2v) is 5.03. The number of nitrogen functional groups attached to an aromatic ring is 1. The highest BCUT2D eigenvalue weighted by molar-refractivity contribution is 9.10. The van der Waals surface area contributed by atoms with Gasteiger partial charge in [0.1, 0.15) is 11.6 Å². The predicted molar refractivity (Wildman–Crippen MR) is 82.6 cm³/mol. The van der Waals surface area contributed by atoms with Crippen molar-refractivity contribution in [2.75, 3.05) is 24.5 Å². The Labute approximate surface area is 126 Å². The molecule has 0 aliphatic rings. The molecule has 6 nitrogen and oxygen atoms in total. The minimum atomic E-state index is 0.370. The van der Waals surface area contributed by atoms with E-state index < -0.39 is 0 Å². The molecule has 1 aromatic heterocycles. The van der Waals surface area contributed by atoms with Gasteiger partial charge in [-0.15, -0.1) is 0 Å². The molecular formula is C13H16BrN5O. The average Bonchev–Trinajstić information content (AvgIpc) is 2.48. The number of aromatic nitrogens is 2. The van der Waals surface area contributed by atoms with Crippen LogP contribution in [0.2, 0.25) is 0 Å². The number of nitrogens with two attached hydrogens (primary N) is 1. The number of hydrogen-bond acceptors (Lipinski definition) is 6. The Morgan fingerprint density at radius 1 is 1.40 bits per heavy atom. The lowest BCUT2D eigenvalue weighted by Gasteiger charge is -2.21. The van der Waals surface area contributed by atoms with Gasteiger partial charge in [-0.3, -0.25) is 5.43 Å². The van der Waals surface area contributed by atoms with E-state index in [4.69, 9.17) is 10.6 Å². The molecule has 106 valence electrons. The Balaban J connectivity index is 2.25. The molecule has 0 aliphatic carbocycles. The van der Waals surface area contributed by atoms with Crippen LogP contribution in [-0.2, 0) is 6.54 Å². The van der Waals surface area contributed by atoms with E-state index in [1.807, 2.05) is 36.2 Å². The zero-order valence-electron chi connectivity index (χ0n) is 11.3. The van der Waals surface area contributed by atoms with Gasteiger partial charge in [0.2, 0.25) is 5.95 Å². The maximum absolute atomic E-state index is 5.35. The normalized spacial score (nSPS) is 10.2. The molecule has 0 saturated heterocycles. The minimum Gasteiger partial charge on any atom is -0.496 e. The van der Waals surface area contributed by atoms with Crippen molar-refractivity contribution in [2.24, 2.45) is 5.84 Å². The van der Waals surface area contributed by atoms with E-state index in [-0.39, 0.29) is 0 Å². The molecule has 0 amide bonds. The first-order chi connectivity index (χ1) is 9.65. The van der Waals surface area contributed by atoms with Crippen LogP contribution >= 0.6 is 15.9 Å². The fourth-order valence-corrected chi connectivity index (χ4v) is 2.35. The number of para-hydroxylation sites is 1. The van der Waals surface area contributed by atoms with E-state index in [2.05, 4.69) is 31.3 Å². The van der Waals surface area contributed by atoms with Crippen molar-refractivity contribution in [1.29, 1.82) is 0 Å². The topological polar surface area (TPSA) is 76.3 Å². The second-order valence-electron chi connectivity index (χ2n) is 4.18. The summed E-state index contributed by atoms with van der Waals surface area (Å²) in [6.07, 6.45) is 1.66. The zero-order chi connectivity index (χ0) is 14.5. The fraction of sp³-hybridized carbons (Fsp3) is 0.231. The fourth-order valence-electron chi connectivity index (χ4n) is 1.86. The number of anilines is 2. The van der Waals surface area contributed by atoms with Gasteiger partial charge in [-0.25, -0.2) is 10.8 Å². The van der Waals surface area contributed by atoms with Gasteiger partial charge in [-0.1, -0.05) is 18.2 Å². The summed E-state index contributed by atoms with van der Waals surface area (Å²) < 4.78 is 6.15. The third-order valence-electron chi connectivity index (χ3n) is 2.82. The zero-order valence-corrected chi connectivity index (χ0v) is 12.9. The van der Waals surface area contributed by atoms with E-state index in [1.165, 1.54) is 0 Å². The standard InChI is InChI=1S/C13H16BrN5O/c1-19(8-9-5-3-4-6-11(9)20-2)12-10(14)7-16-13(17-12)18-15/h3-7H,8,15H2,1-2H3,(H,16,17,18). The molecule has 0 fully saturated rings. The molecule has 0 spiro atoms. The SMILES string of the molecule is COc1ccccc1CN(C)c1nc(NN)ncc1Br. The van der Waals surface area contributed by atoms with Crippen LogP contribution in [0, 0.1) is 0 Å².